The summed E-state index contributed by atoms with van der Waals surface area (Å²) in [5.41, 5.74) is 8.89. The highest BCUT2D eigenvalue weighted by molar-refractivity contribution is 6.17. The fourth-order valence-electron chi connectivity index (χ4n) is 5.15. The maximum absolute atomic E-state index is 13.3. The van der Waals surface area contributed by atoms with Crippen LogP contribution in [0, 0.1) is 0 Å². The van der Waals surface area contributed by atoms with E-state index < -0.39 is 0 Å². The Bertz CT molecular complexity index is 1340. The molecule has 0 atom stereocenters. The molecule has 1 aliphatic heterocycles. The van der Waals surface area contributed by atoms with Crippen LogP contribution in [0.15, 0.2) is 79.0 Å². The smallest absolute Gasteiger partial charge is 0.195 e. The van der Waals surface area contributed by atoms with Gasteiger partial charge in [-0.05, 0) is 43.3 Å². The predicted octanol–water partition coefficient (Wildman–Crippen LogP) is 4.55. The molecule has 0 saturated carbocycles. The van der Waals surface area contributed by atoms with E-state index in [1.807, 2.05) is 79.0 Å². The summed E-state index contributed by atoms with van der Waals surface area (Å²) in [6, 6.07) is 23.0. The second-order valence-electron chi connectivity index (χ2n) is 9.74. The van der Waals surface area contributed by atoms with Crippen LogP contribution in [-0.4, -0.2) is 73.1 Å². The summed E-state index contributed by atoms with van der Waals surface area (Å²) in [7, 11) is 1.69. The number of fused-ring (bicyclic) bond motifs is 1. The fraction of sp³-hybridized carbons (Fsp3) is 0.323. The Balaban J connectivity index is 1.15. The van der Waals surface area contributed by atoms with Crippen LogP contribution >= 0.6 is 0 Å². The Kier molecular flexibility index (Phi) is 8.26. The van der Waals surface area contributed by atoms with Gasteiger partial charge < -0.3 is 24.7 Å². The second kappa shape index (κ2) is 12.2. The molecule has 5 rings (SSSR count). The number of nitrogens with two attached hydrogens (primary N) is 1. The highest BCUT2D eigenvalue weighted by Gasteiger charge is 2.20. The van der Waals surface area contributed by atoms with Gasteiger partial charge in [-0.3, -0.25) is 9.69 Å². The molecule has 0 radical (unpaired) electrons. The van der Waals surface area contributed by atoms with Gasteiger partial charge in [0, 0.05) is 67.7 Å². The summed E-state index contributed by atoms with van der Waals surface area (Å²) in [4.78, 5) is 18.3. The Morgan fingerprint density at radius 1 is 0.842 bits per heavy atom. The maximum Gasteiger partial charge on any atom is 0.195 e. The summed E-state index contributed by atoms with van der Waals surface area (Å²) >= 11 is 0. The number of aryl methyl sites for hydroxylation is 1. The summed E-state index contributed by atoms with van der Waals surface area (Å²) in [6.45, 7) is 7.64. The van der Waals surface area contributed by atoms with Gasteiger partial charge in [0.2, 0.25) is 0 Å². The zero-order valence-corrected chi connectivity index (χ0v) is 22.0. The normalized spacial score (nSPS) is 14.6. The summed E-state index contributed by atoms with van der Waals surface area (Å²) in [6.07, 6.45) is 3.00. The van der Waals surface area contributed by atoms with Crippen molar-refractivity contribution in [1.29, 1.82) is 0 Å². The molecule has 1 saturated heterocycles. The van der Waals surface area contributed by atoms with Gasteiger partial charge >= 0.3 is 0 Å². The molecule has 0 amide bonds. The Hall–Kier alpha value is -3.81. The van der Waals surface area contributed by atoms with Gasteiger partial charge in [-0.15, -0.1) is 0 Å². The number of hydrogen-bond donors (Lipinski definition) is 1. The third-order valence-corrected chi connectivity index (χ3v) is 7.26. The highest BCUT2D eigenvalue weighted by atomic mass is 16.5. The minimum absolute atomic E-state index is 0.0408. The molecule has 1 aromatic heterocycles. The lowest BCUT2D eigenvalue weighted by Gasteiger charge is -2.34. The average molecular weight is 513 g/mol. The summed E-state index contributed by atoms with van der Waals surface area (Å²) in [5, 5.41) is 0.938. The number of benzene rings is 3. The van der Waals surface area contributed by atoms with Crippen LogP contribution < -0.4 is 15.2 Å². The van der Waals surface area contributed by atoms with Crippen molar-refractivity contribution in [3.05, 3.63) is 90.1 Å². The first-order chi connectivity index (χ1) is 18.6. The Labute approximate surface area is 224 Å². The molecule has 198 valence electrons. The van der Waals surface area contributed by atoms with Gasteiger partial charge in [0.15, 0.2) is 5.78 Å². The first kappa shape index (κ1) is 25.8. The van der Waals surface area contributed by atoms with Crippen molar-refractivity contribution in [3.8, 4) is 11.5 Å². The van der Waals surface area contributed by atoms with E-state index in [2.05, 4.69) is 14.4 Å². The second-order valence-corrected chi connectivity index (χ2v) is 9.74. The molecule has 4 aromatic rings. The van der Waals surface area contributed by atoms with Crippen LogP contribution in [-0.2, 0) is 6.54 Å². The Morgan fingerprint density at radius 2 is 1.55 bits per heavy atom. The SMILES string of the molecule is COc1cccc2c(C(=O)c3ccccc3)cn(CCCN3CCN(CCOc4ccc(N)cc4)CC3)c12. The lowest BCUT2D eigenvalue weighted by atomic mass is 10.0. The van der Waals surface area contributed by atoms with Crippen molar-refractivity contribution in [1.82, 2.24) is 14.4 Å². The summed E-state index contributed by atoms with van der Waals surface area (Å²) in [5.74, 6) is 1.70. The third-order valence-electron chi connectivity index (χ3n) is 7.26. The first-order valence-corrected chi connectivity index (χ1v) is 13.3. The molecule has 7 heteroatoms. The molecule has 0 unspecified atom stereocenters. The number of aromatic nitrogens is 1. The van der Waals surface area contributed by atoms with Gasteiger partial charge in [0.05, 0.1) is 12.6 Å². The number of nitrogen functional groups attached to an aromatic ring is 1. The first-order valence-electron chi connectivity index (χ1n) is 13.3. The standard InChI is InChI=1S/C31H36N4O3/c1-37-29-10-5-9-27-28(31(36)24-7-3-2-4-8-24)23-35(30(27)29)16-6-15-33-17-19-34(20-18-33)21-22-38-26-13-11-25(32)12-14-26/h2-5,7-14,23H,6,15-22,32H2,1H3. The van der Waals surface area contributed by atoms with Gasteiger partial charge in [-0.1, -0.05) is 42.5 Å². The van der Waals surface area contributed by atoms with Crippen molar-refractivity contribution in [3.63, 3.8) is 0 Å². The van der Waals surface area contributed by atoms with E-state index in [1.165, 1.54) is 0 Å². The van der Waals surface area contributed by atoms with E-state index in [0.29, 0.717) is 12.2 Å². The van der Waals surface area contributed by atoms with E-state index in [-0.39, 0.29) is 5.78 Å². The van der Waals surface area contributed by atoms with Gasteiger partial charge in [0.1, 0.15) is 18.1 Å². The van der Waals surface area contributed by atoms with Gasteiger partial charge in [-0.25, -0.2) is 0 Å². The zero-order valence-electron chi connectivity index (χ0n) is 22.0. The number of carbonyl (C=O) groups excluding carboxylic acids is 1. The lowest BCUT2D eigenvalue weighted by Crippen LogP contribution is -2.47. The number of anilines is 1. The summed E-state index contributed by atoms with van der Waals surface area (Å²) < 4.78 is 13.7. The van der Waals surface area contributed by atoms with Crippen LogP contribution in [0.25, 0.3) is 10.9 Å². The van der Waals surface area contributed by atoms with E-state index >= 15 is 0 Å². The number of nitrogens with zero attached hydrogens (tertiary/aromatic N) is 3. The van der Waals surface area contributed by atoms with Crippen LogP contribution in [0.1, 0.15) is 22.3 Å². The van der Waals surface area contributed by atoms with E-state index in [4.69, 9.17) is 15.2 Å². The molecular weight excluding hydrogens is 476 g/mol. The quantitative estimate of drug-likeness (QED) is 0.235. The van der Waals surface area contributed by atoms with Crippen molar-refractivity contribution < 1.29 is 14.3 Å². The molecule has 0 aliphatic carbocycles. The van der Waals surface area contributed by atoms with Crippen molar-refractivity contribution in [2.45, 2.75) is 13.0 Å². The molecular formula is C31H36N4O3. The van der Waals surface area contributed by atoms with E-state index in [9.17, 15) is 4.79 Å². The lowest BCUT2D eigenvalue weighted by molar-refractivity contribution is 0.104. The van der Waals surface area contributed by atoms with Crippen molar-refractivity contribution in [2.24, 2.45) is 0 Å². The van der Waals surface area contributed by atoms with Crippen LogP contribution in [0.3, 0.4) is 0 Å². The number of ether oxygens (including phenoxy) is 2. The largest absolute Gasteiger partial charge is 0.495 e. The maximum atomic E-state index is 13.3. The number of methoxy groups -OCH3 is 1. The predicted molar refractivity (Wildman–Crippen MR) is 152 cm³/mol. The van der Waals surface area contributed by atoms with Crippen LogP contribution in [0.5, 0.6) is 11.5 Å². The van der Waals surface area contributed by atoms with Gasteiger partial charge in [-0.2, -0.15) is 0 Å². The molecule has 2 heterocycles. The minimum Gasteiger partial charge on any atom is -0.495 e. The molecule has 7 nitrogen and oxygen atoms in total. The van der Waals surface area contributed by atoms with Crippen LogP contribution in [0.2, 0.25) is 0 Å². The number of hydrogen-bond acceptors (Lipinski definition) is 6. The highest BCUT2D eigenvalue weighted by Crippen LogP contribution is 2.31. The van der Waals surface area contributed by atoms with Crippen molar-refractivity contribution >= 4 is 22.4 Å². The number of para-hydroxylation sites is 1. The number of rotatable bonds is 11. The number of carbonyl (C=O) groups is 1. The molecule has 0 spiro atoms. The third kappa shape index (κ3) is 6.01. The van der Waals surface area contributed by atoms with Crippen molar-refractivity contribution in [2.75, 3.05) is 58.7 Å². The van der Waals surface area contributed by atoms with E-state index in [0.717, 1.165) is 85.9 Å². The Morgan fingerprint density at radius 3 is 2.26 bits per heavy atom. The topological polar surface area (TPSA) is 73.0 Å². The molecule has 38 heavy (non-hydrogen) atoms. The zero-order chi connectivity index (χ0) is 26.3. The molecule has 1 aliphatic rings. The van der Waals surface area contributed by atoms with Gasteiger partial charge in [0.25, 0.3) is 0 Å². The fourth-order valence-corrected chi connectivity index (χ4v) is 5.15. The molecule has 2 N–H and O–H groups in total. The number of piperazine rings is 1. The average Bonchev–Trinajstić information content (AvgIpc) is 3.34. The van der Waals surface area contributed by atoms with Crippen LogP contribution in [0.4, 0.5) is 5.69 Å². The van der Waals surface area contributed by atoms with E-state index in [1.54, 1.807) is 7.11 Å². The monoisotopic (exact) mass is 512 g/mol. The molecule has 1 fully saturated rings. The molecule has 3 aromatic carbocycles. The molecule has 0 bridgehead atoms. The minimum atomic E-state index is 0.0408. The number of ketones is 1.